The quantitative estimate of drug-likeness (QED) is 0.390. The van der Waals surface area contributed by atoms with Crippen LogP contribution in [0, 0.1) is 30.1 Å². The molecule has 1 aromatic heterocycles. The van der Waals surface area contributed by atoms with Crippen LogP contribution in [-0.2, 0) is 14.3 Å². The summed E-state index contributed by atoms with van der Waals surface area (Å²) in [4.78, 5) is 29.1. The maximum atomic E-state index is 12.9. The van der Waals surface area contributed by atoms with Gasteiger partial charge >= 0.3 is 5.97 Å². The predicted octanol–water partition coefficient (Wildman–Crippen LogP) is 5.76. The highest BCUT2D eigenvalue weighted by Crippen LogP contribution is 2.32. The van der Waals surface area contributed by atoms with Crippen molar-refractivity contribution >= 4 is 29.2 Å². The van der Waals surface area contributed by atoms with Crippen molar-refractivity contribution in [3.8, 4) is 0 Å². The minimum atomic E-state index is -1.08. The van der Waals surface area contributed by atoms with Gasteiger partial charge in [0.25, 0.3) is 0 Å². The summed E-state index contributed by atoms with van der Waals surface area (Å²) in [5.41, 5.74) is 0.0671. The van der Waals surface area contributed by atoms with Crippen molar-refractivity contribution in [3.05, 3.63) is 34.3 Å². The zero-order valence-corrected chi connectivity index (χ0v) is 23.3. The van der Waals surface area contributed by atoms with E-state index in [1.807, 2.05) is 45.9 Å². The second-order valence-electron chi connectivity index (χ2n) is 10.1. The van der Waals surface area contributed by atoms with Gasteiger partial charge in [-0.3, -0.25) is 9.59 Å². The van der Waals surface area contributed by atoms with E-state index in [0.29, 0.717) is 12.3 Å². The van der Waals surface area contributed by atoms with Crippen LogP contribution in [0.5, 0.6) is 0 Å². The van der Waals surface area contributed by atoms with Gasteiger partial charge in [0.05, 0.1) is 41.4 Å². The molecule has 7 heteroatoms. The zero-order valence-electron chi connectivity index (χ0n) is 22.5. The van der Waals surface area contributed by atoms with Gasteiger partial charge < -0.3 is 14.9 Å². The number of carbonyl (C=O) groups is 2. The summed E-state index contributed by atoms with van der Waals surface area (Å²) in [5.74, 6) is -0.399. The summed E-state index contributed by atoms with van der Waals surface area (Å²) in [7, 11) is 0. The number of thiazole rings is 1. The van der Waals surface area contributed by atoms with Gasteiger partial charge in [-0.2, -0.15) is 0 Å². The zero-order chi connectivity index (χ0) is 26.6. The fourth-order valence-corrected chi connectivity index (χ4v) is 4.69. The third-order valence-corrected chi connectivity index (χ3v) is 7.50. The summed E-state index contributed by atoms with van der Waals surface area (Å²) in [5, 5.41) is 23.8. The number of carbonyl (C=O) groups excluding carboxylic acids is 2. The van der Waals surface area contributed by atoms with Crippen LogP contribution in [-0.4, -0.2) is 45.8 Å². The van der Waals surface area contributed by atoms with Gasteiger partial charge in [-0.1, -0.05) is 59.3 Å². The molecule has 0 aliphatic carbocycles. The van der Waals surface area contributed by atoms with Crippen molar-refractivity contribution in [3.63, 3.8) is 0 Å². The molecule has 1 aliphatic rings. The number of hydrogen-bond acceptors (Lipinski definition) is 7. The molecule has 0 aromatic carbocycles. The Labute approximate surface area is 215 Å². The monoisotopic (exact) mass is 507 g/mol. The second kappa shape index (κ2) is 15.3. The Morgan fingerprint density at radius 3 is 2.51 bits per heavy atom. The third kappa shape index (κ3) is 10.8. The second-order valence-corrected chi connectivity index (χ2v) is 11.2. The number of Topliss-reactive ketones (excluding diaryl/α,β-unsaturated/α-hetero) is 1. The fourth-order valence-electron chi connectivity index (χ4n) is 4.11. The lowest BCUT2D eigenvalue weighted by Gasteiger charge is -2.32. The molecule has 2 rings (SSSR count). The van der Waals surface area contributed by atoms with Gasteiger partial charge in [0.1, 0.15) is 5.78 Å². The number of allylic oxidation sites excluding steroid dienone is 2. The molecule has 0 saturated carbocycles. The Bertz CT molecular complexity index is 844. The summed E-state index contributed by atoms with van der Waals surface area (Å²) in [6.45, 7) is 13.4. The normalized spacial score (nSPS) is 29.8. The molecule has 198 valence electrons. The minimum absolute atomic E-state index is 0.0175. The number of aryl methyl sites for hydroxylation is 1. The van der Waals surface area contributed by atoms with Gasteiger partial charge in [-0.15, -0.1) is 11.3 Å². The topological polar surface area (TPSA) is 96.7 Å². The summed E-state index contributed by atoms with van der Waals surface area (Å²) < 4.78 is 5.13. The van der Waals surface area contributed by atoms with Crippen molar-refractivity contribution in [2.45, 2.75) is 92.8 Å². The van der Waals surface area contributed by atoms with E-state index in [-0.39, 0.29) is 30.6 Å². The van der Waals surface area contributed by atoms with Crippen LogP contribution in [0.1, 0.15) is 84.3 Å². The van der Waals surface area contributed by atoms with Crippen molar-refractivity contribution < 1.29 is 24.5 Å². The number of ketones is 1. The molecule has 5 atom stereocenters. The van der Waals surface area contributed by atoms with Crippen LogP contribution in [0.4, 0.5) is 0 Å². The molecule has 0 saturated heterocycles. The molecule has 2 heterocycles. The molecule has 35 heavy (non-hydrogen) atoms. The molecule has 1 aromatic rings. The minimum Gasteiger partial charge on any atom is -0.465 e. The standard InChI is InChI=1S/C21H36O5.C7H9NS/c1-6-16-9-7-8-14(2)17(22)10-11-26-19(24)13-18(23)21(4,5)20(25)15(3)12-16;1-3-4-7-5-9-6(2)8-7/h7-8,14-18,22-23H,6,9-13H2,1-5H3;3-5H,1-2H3/b8-7+;4-3-. The highest BCUT2D eigenvalue weighted by Gasteiger charge is 2.39. The van der Waals surface area contributed by atoms with Gasteiger partial charge in [0.15, 0.2) is 0 Å². The molecular formula is C28H45NO5S. The molecule has 0 amide bonds. The van der Waals surface area contributed by atoms with Crippen LogP contribution in [0.25, 0.3) is 6.08 Å². The Balaban J connectivity index is 0.000000566. The average molecular weight is 508 g/mol. The van der Waals surface area contributed by atoms with Crippen LogP contribution < -0.4 is 0 Å². The number of rotatable bonds is 2. The van der Waals surface area contributed by atoms with Crippen molar-refractivity contribution in [2.24, 2.45) is 23.2 Å². The van der Waals surface area contributed by atoms with E-state index in [2.05, 4.69) is 23.4 Å². The Morgan fingerprint density at radius 1 is 1.26 bits per heavy atom. The largest absolute Gasteiger partial charge is 0.465 e. The fraction of sp³-hybridized carbons (Fsp3) is 0.679. The lowest BCUT2D eigenvalue weighted by molar-refractivity contribution is -0.151. The number of aliphatic hydroxyl groups is 2. The molecule has 0 fully saturated rings. The Hall–Kier alpha value is -1.83. The number of aromatic nitrogens is 1. The molecule has 0 radical (unpaired) electrons. The van der Waals surface area contributed by atoms with Crippen molar-refractivity contribution in [1.82, 2.24) is 4.98 Å². The summed E-state index contributed by atoms with van der Waals surface area (Å²) in [6, 6.07) is 0. The molecular weight excluding hydrogens is 462 g/mol. The number of ether oxygens (including phenoxy) is 1. The van der Waals surface area contributed by atoms with E-state index in [4.69, 9.17) is 4.74 Å². The number of hydrogen-bond donors (Lipinski definition) is 2. The lowest BCUT2D eigenvalue weighted by atomic mass is 9.73. The van der Waals surface area contributed by atoms with Gasteiger partial charge in [0.2, 0.25) is 0 Å². The number of cyclic esters (lactones) is 1. The summed E-state index contributed by atoms with van der Waals surface area (Å²) in [6.07, 6.45) is 9.14. The van der Waals surface area contributed by atoms with Gasteiger partial charge in [-0.05, 0) is 38.7 Å². The van der Waals surface area contributed by atoms with E-state index in [1.54, 1.807) is 25.2 Å². The predicted molar refractivity (Wildman–Crippen MR) is 143 cm³/mol. The summed E-state index contributed by atoms with van der Waals surface area (Å²) >= 11 is 1.68. The molecule has 0 spiro atoms. The van der Waals surface area contributed by atoms with E-state index in [1.165, 1.54) is 0 Å². The molecule has 1 aliphatic heterocycles. The number of aliphatic hydroxyl groups excluding tert-OH is 2. The van der Waals surface area contributed by atoms with Crippen molar-refractivity contribution in [1.29, 1.82) is 0 Å². The number of nitrogens with zero attached hydrogens (tertiary/aromatic N) is 1. The Morgan fingerprint density at radius 2 is 1.94 bits per heavy atom. The van der Waals surface area contributed by atoms with Crippen molar-refractivity contribution in [2.75, 3.05) is 6.61 Å². The Kier molecular flexibility index (Phi) is 13.7. The average Bonchev–Trinajstić information content (AvgIpc) is 3.22. The highest BCUT2D eigenvalue weighted by molar-refractivity contribution is 7.09. The van der Waals surface area contributed by atoms with E-state index >= 15 is 0 Å². The SMILES string of the molecule is C/C=C\c1csc(C)n1.CCC1C/C=C/C(C)C(O)CCOC(=O)CC(O)C(C)(C)C(=O)C(C)C1. The first-order valence-electron chi connectivity index (χ1n) is 12.7. The van der Waals surface area contributed by atoms with Crippen LogP contribution in [0.15, 0.2) is 23.6 Å². The first-order valence-corrected chi connectivity index (χ1v) is 13.6. The maximum absolute atomic E-state index is 12.9. The smallest absolute Gasteiger partial charge is 0.308 e. The number of esters is 1. The van der Waals surface area contributed by atoms with E-state index < -0.39 is 23.6 Å². The van der Waals surface area contributed by atoms with Crippen LogP contribution >= 0.6 is 11.3 Å². The highest BCUT2D eigenvalue weighted by atomic mass is 32.1. The third-order valence-electron chi connectivity index (χ3n) is 6.71. The molecule has 6 nitrogen and oxygen atoms in total. The van der Waals surface area contributed by atoms with E-state index in [0.717, 1.165) is 30.0 Å². The molecule has 0 bridgehead atoms. The van der Waals surface area contributed by atoms with Gasteiger partial charge in [0, 0.05) is 23.6 Å². The lowest BCUT2D eigenvalue weighted by Crippen LogP contribution is -2.42. The first kappa shape index (κ1) is 31.2. The molecule has 5 unspecified atom stereocenters. The van der Waals surface area contributed by atoms with E-state index in [9.17, 15) is 19.8 Å². The molecule has 2 N–H and O–H groups in total. The maximum Gasteiger partial charge on any atom is 0.308 e. The van der Waals surface area contributed by atoms with Crippen LogP contribution in [0.2, 0.25) is 0 Å². The first-order chi connectivity index (χ1) is 16.4. The van der Waals surface area contributed by atoms with Crippen LogP contribution in [0.3, 0.4) is 0 Å². The van der Waals surface area contributed by atoms with Gasteiger partial charge in [-0.25, -0.2) is 4.98 Å².